The third kappa shape index (κ3) is 2.60. The summed E-state index contributed by atoms with van der Waals surface area (Å²) in [5.41, 5.74) is 2.42. The van der Waals surface area contributed by atoms with Gasteiger partial charge < -0.3 is 0 Å². The second kappa shape index (κ2) is 4.64. The van der Waals surface area contributed by atoms with E-state index < -0.39 is 17.2 Å². The van der Waals surface area contributed by atoms with E-state index in [0.717, 1.165) is 17.7 Å². The Balaban J connectivity index is 2.30. The minimum Gasteiger partial charge on any atom is -0.271 e. The Morgan fingerprint density at radius 1 is 1.29 bits per heavy atom. The summed E-state index contributed by atoms with van der Waals surface area (Å²) in [6.45, 7) is 0. The van der Waals surface area contributed by atoms with Crippen molar-refractivity contribution in [2.45, 2.75) is 12.2 Å². The SMILES string of the molecule is NNC(c1cnns1)c1cnc(C(F)(F)F)s1. The molecule has 92 valence electrons. The number of thiazole rings is 1. The van der Waals surface area contributed by atoms with Crippen molar-refractivity contribution in [2.75, 3.05) is 0 Å². The Morgan fingerprint density at radius 3 is 2.53 bits per heavy atom. The maximum absolute atomic E-state index is 12.4. The van der Waals surface area contributed by atoms with E-state index in [1.807, 2.05) is 0 Å². The number of hydrogen-bond acceptors (Lipinski definition) is 7. The van der Waals surface area contributed by atoms with Crippen molar-refractivity contribution in [3.63, 3.8) is 0 Å². The van der Waals surface area contributed by atoms with Crippen molar-refractivity contribution in [1.29, 1.82) is 0 Å². The molecule has 2 aromatic heterocycles. The average Bonchev–Trinajstić information content (AvgIpc) is 2.87. The molecular weight excluding hydrogens is 275 g/mol. The van der Waals surface area contributed by atoms with Gasteiger partial charge in [0.1, 0.15) is 0 Å². The minimum atomic E-state index is -4.44. The fourth-order valence-electron chi connectivity index (χ4n) is 1.16. The molecule has 1 unspecified atom stereocenters. The highest BCUT2D eigenvalue weighted by molar-refractivity contribution is 7.12. The number of rotatable bonds is 3. The second-order valence-corrected chi connectivity index (χ2v) is 4.86. The van der Waals surface area contributed by atoms with Crippen LogP contribution in [-0.4, -0.2) is 14.6 Å². The van der Waals surface area contributed by atoms with Gasteiger partial charge in [0.2, 0.25) is 0 Å². The van der Waals surface area contributed by atoms with Gasteiger partial charge in [0.25, 0.3) is 0 Å². The second-order valence-electron chi connectivity index (χ2n) is 2.99. The van der Waals surface area contributed by atoms with E-state index in [-0.39, 0.29) is 0 Å². The summed E-state index contributed by atoms with van der Waals surface area (Å²) in [6, 6.07) is -0.566. The van der Waals surface area contributed by atoms with E-state index in [2.05, 4.69) is 20.0 Å². The predicted molar refractivity (Wildman–Crippen MR) is 56.2 cm³/mol. The van der Waals surface area contributed by atoms with Crippen LogP contribution in [0.25, 0.3) is 0 Å². The fourth-order valence-corrected chi connectivity index (χ4v) is 2.68. The lowest BCUT2D eigenvalue weighted by Crippen LogP contribution is -2.27. The molecule has 0 bridgehead atoms. The average molecular weight is 281 g/mol. The predicted octanol–water partition coefficient (Wildman–Crippen LogP) is 1.57. The quantitative estimate of drug-likeness (QED) is 0.659. The Labute approximate surface area is 102 Å². The summed E-state index contributed by atoms with van der Waals surface area (Å²) in [6.07, 6.45) is -1.84. The zero-order valence-electron chi connectivity index (χ0n) is 8.10. The Hall–Kier alpha value is -1.10. The first kappa shape index (κ1) is 12.4. The smallest absolute Gasteiger partial charge is 0.271 e. The van der Waals surface area contributed by atoms with Gasteiger partial charge in [-0.15, -0.1) is 16.4 Å². The molecule has 1 atom stereocenters. The van der Waals surface area contributed by atoms with Gasteiger partial charge in [-0.25, -0.2) is 10.4 Å². The van der Waals surface area contributed by atoms with E-state index in [1.165, 1.54) is 6.20 Å². The lowest BCUT2D eigenvalue weighted by atomic mass is 10.2. The molecule has 0 aliphatic carbocycles. The molecule has 0 spiro atoms. The molecule has 0 saturated carbocycles. The van der Waals surface area contributed by atoms with Crippen LogP contribution in [0.1, 0.15) is 20.8 Å². The summed E-state index contributed by atoms with van der Waals surface area (Å²) in [5, 5.41) is 2.71. The zero-order chi connectivity index (χ0) is 12.5. The summed E-state index contributed by atoms with van der Waals surface area (Å²) >= 11 is 1.60. The normalized spacial score (nSPS) is 13.9. The molecule has 0 aliphatic rings. The molecule has 0 fully saturated rings. The Kier molecular flexibility index (Phi) is 3.38. The van der Waals surface area contributed by atoms with Crippen LogP contribution in [0.3, 0.4) is 0 Å². The lowest BCUT2D eigenvalue weighted by Gasteiger charge is -2.09. The van der Waals surface area contributed by atoms with Crippen LogP contribution < -0.4 is 11.3 Å². The van der Waals surface area contributed by atoms with E-state index in [0.29, 0.717) is 21.1 Å². The number of aromatic nitrogens is 3. The number of halogens is 3. The molecule has 2 heterocycles. The van der Waals surface area contributed by atoms with Gasteiger partial charge in [0.15, 0.2) is 5.01 Å². The molecule has 2 aromatic rings. The zero-order valence-corrected chi connectivity index (χ0v) is 9.73. The summed E-state index contributed by atoms with van der Waals surface area (Å²) in [5.74, 6) is 5.31. The molecule has 3 N–H and O–H groups in total. The molecular formula is C7H6F3N5S2. The monoisotopic (exact) mass is 281 g/mol. The van der Waals surface area contributed by atoms with E-state index in [9.17, 15) is 13.2 Å². The number of alkyl halides is 3. The number of nitrogens with two attached hydrogens (primary N) is 1. The summed E-state index contributed by atoms with van der Waals surface area (Å²) in [7, 11) is 0. The van der Waals surface area contributed by atoms with Gasteiger partial charge in [0, 0.05) is 11.1 Å². The van der Waals surface area contributed by atoms with Gasteiger partial charge >= 0.3 is 6.18 Å². The minimum absolute atomic E-state index is 0.367. The highest BCUT2D eigenvalue weighted by atomic mass is 32.1. The van der Waals surface area contributed by atoms with Gasteiger partial charge in [-0.2, -0.15) is 13.2 Å². The van der Waals surface area contributed by atoms with Crippen molar-refractivity contribution in [1.82, 2.24) is 20.0 Å². The standard InChI is InChI=1S/C7H6F3N5S2/c8-7(9,10)6-12-1-3(16-6)5(14-11)4-2-13-15-17-4/h1-2,5,14H,11H2. The van der Waals surface area contributed by atoms with Gasteiger partial charge in [-0.05, 0) is 11.5 Å². The molecule has 0 aliphatic heterocycles. The molecule has 5 nitrogen and oxygen atoms in total. The third-order valence-corrected chi connectivity index (χ3v) is 3.72. The molecule has 0 amide bonds. The maximum Gasteiger partial charge on any atom is 0.443 e. The van der Waals surface area contributed by atoms with Crippen molar-refractivity contribution in [3.8, 4) is 0 Å². The molecule has 2 rings (SSSR count). The van der Waals surface area contributed by atoms with Crippen LogP contribution in [0.2, 0.25) is 0 Å². The van der Waals surface area contributed by atoms with Crippen LogP contribution in [0.5, 0.6) is 0 Å². The lowest BCUT2D eigenvalue weighted by molar-refractivity contribution is -0.137. The van der Waals surface area contributed by atoms with Gasteiger partial charge in [-0.1, -0.05) is 4.49 Å². The van der Waals surface area contributed by atoms with Gasteiger partial charge in [0.05, 0.1) is 17.1 Å². The molecule has 17 heavy (non-hydrogen) atoms. The largest absolute Gasteiger partial charge is 0.443 e. The first-order valence-electron chi connectivity index (χ1n) is 4.28. The van der Waals surface area contributed by atoms with Crippen molar-refractivity contribution in [2.24, 2.45) is 5.84 Å². The van der Waals surface area contributed by atoms with Crippen LogP contribution in [0.15, 0.2) is 12.4 Å². The summed E-state index contributed by atoms with van der Waals surface area (Å²) in [4.78, 5) is 4.32. The van der Waals surface area contributed by atoms with Crippen LogP contribution >= 0.6 is 22.9 Å². The fraction of sp³-hybridized carbons (Fsp3) is 0.286. The van der Waals surface area contributed by atoms with Crippen LogP contribution in [-0.2, 0) is 6.18 Å². The first-order chi connectivity index (χ1) is 8.02. The van der Waals surface area contributed by atoms with E-state index in [4.69, 9.17) is 5.84 Å². The Morgan fingerprint density at radius 2 is 2.06 bits per heavy atom. The number of hydrogen-bond donors (Lipinski definition) is 2. The van der Waals surface area contributed by atoms with E-state index >= 15 is 0 Å². The number of nitrogens with zero attached hydrogens (tertiary/aromatic N) is 3. The van der Waals surface area contributed by atoms with Crippen molar-refractivity contribution in [3.05, 3.63) is 27.2 Å². The molecule has 10 heteroatoms. The van der Waals surface area contributed by atoms with Gasteiger partial charge in [-0.3, -0.25) is 5.84 Å². The topological polar surface area (TPSA) is 76.7 Å². The van der Waals surface area contributed by atoms with Crippen molar-refractivity contribution < 1.29 is 13.2 Å². The number of nitrogens with one attached hydrogen (secondary N) is 1. The Bertz CT molecular complexity index is 480. The maximum atomic E-state index is 12.4. The molecule has 0 radical (unpaired) electrons. The van der Waals surface area contributed by atoms with Crippen LogP contribution in [0.4, 0.5) is 13.2 Å². The third-order valence-electron chi connectivity index (χ3n) is 1.88. The van der Waals surface area contributed by atoms with Crippen LogP contribution in [0, 0.1) is 0 Å². The highest BCUT2D eigenvalue weighted by Gasteiger charge is 2.35. The van der Waals surface area contributed by atoms with Crippen molar-refractivity contribution >= 4 is 22.9 Å². The molecule has 0 saturated heterocycles. The summed E-state index contributed by atoms with van der Waals surface area (Å²) < 4.78 is 40.8. The highest BCUT2D eigenvalue weighted by Crippen LogP contribution is 2.36. The number of hydrazine groups is 1. The van der Waals surface area contributed by atoms with E-state index in [1.54, 1.807) is 0 Å². The molecule has 0 aromatic carbocycles. The first-order valence-corrected chi connectivity index (χ1v) is 5.87.